The SMILES string of the molecule is CCC[C@@H](C)N(C)CCCOc1ccc(C(=O)CN2CCN(C(=O)OC)CC2)cc1. The third kappa shape index (κ3) is 7.61. The first-order valence-electron chi connectivity index (χ1n) is 11.0. The molecule has 0 spiro atoms. The number of ketones is 1. The Morgan fingerprint density at radius 2 is 1.80 bits per heavy atom. The van der Waals surface area contributed by atoms with Gasteiger partial charge in [0.15, 0.2) is 5.78 Å². The first-order valence-corrected chi connectivity index (χ1v) is 11.0. The summed E-state index contributed by atoms with van der Waals surface area (Å²) >= 11 is 0. The van der Waals surface area contributed by atoms with Crippen molar-refractivity contribution in [1.29, 1.82) is 0 Å². The Balaban J connectivity index is 1.70. The molecular formula is C23H37N3O4. The van der Waals surface area contributed by atoms with Crippen molar-refractivity contribution in [2.24, 2.45) is 0 Å². The molecule has 7 nitrogen and oxygen atoms in total. The molecule has 0 saturated carbocycles. The quantitative estimate of drug-likeness (QED) is 0.406. The second-order valence-electron chi connectivity index (χ2n) is 8.00. The Labute approximate surface area is 180 Å². The van der Waals surface area contributed by atoms with E-state index in [0.29, 0.717) is 50.9 Å². The van der Waals surface area contributed by atoms with Gasteiger partial charge in [-0.3, -0.25) is 9.69 Å². The molecule has 0 aliphatic carbocycles. The lowest BCUT2D eigenvalue weighted by Crippen LogP contribution is -2.49. The van der Waals surface area contributed by atoms with Crippen molar-refractivity contribution in [2.75, 3.05) is 60.0 Å². The molecule has 0 unspecified atom stereocenters. The Morgan fingerprint density at radius 3 is 2.40 bits per heavy atom. The fraction of sp³-hybridized carbons (Fsp3) is 0.652. The number of amides is 1. The van der Waals surface area contributed by atoms with Gasteiger partial charge in [0.2, 0.25) is 0 Å². The van der Waals surface area contributed by atoms with E-state index in [2.05, 4.69) is 30.7 Å². The van der Waals surface area contributed by atoms with Gasteiger partial charge in [0.1, 0.15) is 5.75 Å². The summed E-state index contributed by atoms with van der Waals surface area (Å²) in [5.41, 5.74) is 0.686. The molecule has 0 aromatic heterocycles. The normalized spacial score (nSPS) is 15.8. The van der Waals surface area contributed by atoms with Gasteiger partial charge >= 0.3 is 6.09 Å². The van der Waals surface area contributed by atoms with Gasteiger partial charge in [-0.05, 0) is 51.1 Å². The second kappa shape index (κ2) is 12.5. The van der Waals surface area contributed by atoms with Gasteiger partial charge in [-0.15, -0.1) is 0 Å². The zero-order chi connectivity index (χ0) is 21.9. The molecule has 1 fully saturated rings. The summed E-state index contributed by atoms with van der Waals surface area (Å²) in [6, 6.07) is 8.00. The molecule has 1 saturated heterocycles. The minimum absolute atomic E-state index is 0.0830. The van der Waals surface area contributed by atoms with Crippen LogP contribution in [0.15, 0.2) is 24.3 Å². The fourth-order valence-electron chi connectivity index (χ4n) is 3.61. The number of methoxy groups -OCH3 is 1. The van der Waals surface area contributed by atoms with Crippen molar-refractivity contribution in [3.63, 3.8) is 0 Å². The van der Waals surface area contributed by atoms with Gasteiger partial charge in [0, 0.05) is 44.3 Å². The number of carbonyl (C=O) groups is 2. The number of carbonyl (C=O) groups excluding carboxylic acids is 2. The maximum atomic E-state index is 12.6. The average Bonchev–Trinajstić information content (AvgIpc) is 2.77. The number of nitrogens with zero attached hydrogens (tertiary/aromatic N) is 3. The average molecular weight is 420 g/mol. The minimum Gasteiger partial charge on any atom is -0.494 e. The van der Waals surface area contributed by atoms with Crippen LogP contribution in [0.4, 0.5) is 4.79 Å². The summed E-state index contributed by atoms with van der Waals surface area (Å²) in [6.45, 7) is 9.03. The fourth-order valence-corrected chi connectivity index (χ4v) is 3.61. The number of hydrogen-bond donors (Lipinski definition) is 0. The van der Waals surface area contributed by atoms with E-state index in [1.165, 1.54) is 20.0 Å². The van der Waals surface area contributed by atoms with Crippen LogP contribution in [0, 0.1) is 0 Å². The molecule has 1 aliphatic rings. The van der Waals surface area contributed by atoms with E-state index in [4.69, 9.17) is 9.47 Å². The largest absolute Gasteiger partial charge is 0.494 e. The molecule has 1 aromatic carbocycles. The van der Waals surface area contributed by atoms with Crippen LogP contribution in [0.5, 0.6) is 5.75 Å². The molecule has 1 amide bonds. The Kier molecular flexibility index (Phi) is 10.1. The number of Topliss-reactive ketones (excluding diaryl/α,β-unsaturated/α-hetero) is 1. The van der Waals surface area contributed by atoms with E-state index in [1.54, 1.807) is 4.90 Å². The molecule has 1 heterocycles. The zero-order valence-electron chi connectivity index (χ0n) is 18.9. The van der Waals surface area contributed by atoms with E-state index < -0.39 is 0 Å². The van der Waals surface area contributed by atoms with E-state index >= 15 is 0 Å². The van der Waals surface area contributed by atoms with Crippen molar-refractivity contribution in [2.45, 2.75) is 39.2 Å². The van der Waals surface area contributed by atoms with E-state index in [-0.39, 0.29) is 11.9 Å². The van der Waals surface area contributed by atoms with Gasteiger partial charge in [-0.2, -0.15) is 0 Å². The maximum absolute atomic E-state index is 12.6. The van der Waals surface area contributed by atoms with Crippen LogP contribution in [0.25, 0.3) is 0 Å². The summed E-state index contributed by atoms with van der Waals surface area (Å²) in [4.78, 5) is 30.2. The maximum Gasteiger partial charge on any atom is 0.409 e. The predicted octanol–water partition coefficient (Wildman–Crippen LogP) is 3.14. The van der Waals surface area contributed by atoms with E-state index in [9.17, 15) is 9.59 Å². The third-order valence-electron chi connectivity index (χ3n) is 5.73. The summed E-state index contributed by atoms with van der Waals surface area (Å²) in [5.74, 6) is 0.877. The molecule has 1 aromatic rings. The monoisotopic (exact) mass is 419 g/mol. The van der Waals surface area contributed by atoms with Gasteiger partial charge in [0.25, 0.3) is 0 Å². The highest BCUT2D eigenvalue weighted by Crippen LogP contribution is 2.14. The van der Waals surface area contributed by atoms with Crippen LogP contribution in [-0.2, 0) is 4.74 Å². The lowest BCUT2D eigenvalue weighted by atomic mass is 10.1. The smallest absolute Gasteiger partial charge is 0.409 e. The van der Waals surface area contributed by atoms with Crippen molar-refractivity contribution in [1.82, 2.24) is 14.7 Å². The molecular weight excluding hydrogens is 382 g/mol. The Morgan fingerprint density at radius 1 is 1.13 bits per heavy atom. The van der Waals surface area contributed by atoms with Crippen LogP contribution in [0.2, 0.25) is 0 Å². The minimum atomic E-state index is -0.307. The standard InChI is InChI=1S/C23H37N3O4/c1-5-7-19(2)24(3)12-6-17-30-21-10-8-20(9-11-21)22(27)18-25-13-15-26(16-14-25)23(28)29-4/h8-11,19H,5-7,12-18H2,1-4H3/t19-/m1/s1. The molecule has 2 rings (SSSR count). The van der Waals surface area contributed by atoms with Crippen LogP contribution < -0.4 is 4.74 Å². The highest BCUT2D eigenvalue weighted by molar-refractivity contribution is 5.97. The van der Waals surface area contributed by atoms with Crippen molar-refractivity contribution in [3.05, 3.63) is 29.8 Å². The summed E-state index contributed by atoms with van der Waals surface area (Å²) in [7, 11) is 3.55. The number of hydrogen-bond acceptors (Lipinski definition) is 6. The first-order chi connectivity index (χ1) is 14.4. The topological polar surface area (TPSA) is 62.3 Å². The Hall–Kier alpha value is -2.12. The number of piperazine rings is 1. The molecule has 0 N–H and O–H groups in total. The second-order valence-corrected chi connectivity index (χ2v) is 8.00. The summed E-state index contributed by atoms with van der Waals surface area (Å²) < 4.78 is 10.6. The first kappa shape index (κ1) is 24.2. The van der Waals surface area contributed by atoms with E-state index in [1.807, 2.05) is 24.3 Å². The van der Waals surface area contributed by atoms with Crippen LogP contribution >= 0.6 is 0 Å². The number of rotatable bonds is 11. The Bertz CT molecular complexity index is 657. The van der Waals surface area contributed by atoms with Gasteiger partial charge in [0.05, 0.1) is 20.3 Å². The van der Waals surface area contributed by atoms with Crippen molar-refractivity contribution in [3.8, 4) is 5.75 Å². The van der Waals surface area contributed by atoms with E-state index in [0.717, 1.165) is 18.7 Å². The van der Waals surface area contributed by atoms with Crippen LogP contribution in [-0.4, -0.2) is 92.7 Å². The van der Waals surface area contributed by atoms with Gasteiger partial charge in [-0.25, -0.2) is 4.79 Å². The summed E-state index contributed by atoms with van der Waals surface area (Å²) in [6.07, 6.45) is 3.09. The lowest BCUT2D eigenvalue weighted by Gasteiger charge is -2.33. The highest BCUT2D eigenvalue weighted by atomic mass is 16.5. The molecule has 30 heavy (non-hydrogen) atoms. The lowest BCUT2D eigenvalue weighted by molar-refractivity contribution is 0.0790. The number of benzene rings is 1. The van der Waals surface area contributed by atoms with Crippen LogP contribution in [0.1, 0.15) is 43.5 Å². The zero-order valence-corrected chi connectivity index (χ0v) is 18.9. The molecule has 1 atom stereocenters. The predicted molar refractivity (Wildman–Crippen MR) is 118 cm³/mol. The van der Waals surface area contributed by atoms with Crippen LogP contribution in [0.3, 0.4) is 0 Å². The third-order valence-corrected chi connectivity index (χ3v) is 5.73. The molecule has 7 heteroatoms. The van der Waals surface area contributed by atoms with Gasteiger partial charge in [-0.1, -0.05) is 13.3 Å². The van der Waals surface area contributed by atoms with Crippen molar-refractivity contribution >= 4 is 11.9 Å². The highest BCUT2D eigenvalue weighted by Gasteiger charge is 2.23. The van der Waals surface area contributed by atoms with Gasteiger partial charge < -0.3 is 19.3 Å². The summed E-state index contributed by atoms with van der Waals surface area (Å²) in [5, 5.41) is 0. The number of ether oxygens (including phenoxy) is 2. The van der Waals surface area contributed by atoms with Crippen molar-refractivity contribution < 1.29 is 19.1 Å². The molecule has 168 valence electrons. The molecule has 0 bridgehead atoms. The molecule has 0 radical (unpaired) electrons. The molecule has 1 aliphatic heterocycles.